The second kappa shape index (κ2) is 3.30. The van der Waals surface area contributed by atoms with Crippen molar-refractivity contribution in [1.82, 2.24) is 9.80 Å². The van der Waals surface area contributed by atoms with Crippen LogP contribution in [0.2, 0.25) is 0 Å². The first kappa shape index (κ1) is 7.94. The van der Waals surface area contributed by atoms with Gasteiger partial charge in [-0.15, -0.1) is 0 Å². The quantitative estimate of drug-likeness (QED) is 0.439. The molecule has 0 amide bonds. The fraction of sp³-hybridized carbons (Fsp3) is 1.00. The SMILES string of the molecule is CN1CCN(C(N)O)CC1. The Morgan fingerprint density at radius 2 is 1.80 bits per heavy atom. The number of hydrogen-bond acceptors (Lipinski definition) is 4. The van der Waals surface area contributed by atoms with Crippen LogP contribution in [0.25, 0.3) is 0 Å². The molecule has 10 heavy (non-hydrogen) atoms. The van der Waals surface area contributed by atoms with E-state index in [1.54, 1.807) is 0 Å². The Bertz CT molecular complexity index is 99.2. The Hall–Kier alpha value is -0.160. The van der Waals surface area contributed by atoms with Crippen molar-refractivity contribution in [2.45, 2.75) is 6.35 Å². The van der Waals surface area contributed by atoms with E-state index < -0.39 is 6.35 Å². The van der Waals surface area contributed by atoms with Crippen molar-refractivity contribution in [3.05, 3.63) is 0 Å². The van der Waals surface area contributed by atoms with Crippen molar-refractivity contribution in [3.63, 3.8) is 0 Å². The summed E-state index contributed by atoms with van der Waals surface area (Å²) in [7, 11) is 2.07. The summed E-state index contributed by atoms with van der Waals surface area (Å²) in [5.74, 6) is 0. The maximum atomic E-state index is 8.95. The van der Waals surface area contributed by atoms with Gasteiger partial charge in [-0.25, -0.2) is 0 Å². The highest BCUT2D eigenvalue weighted by Crippen LogP contribution is 1.98. The molecular formula is C6H15N3O. The number of aliphatic hydroxyl groups is 1. The van der Waals surface area contributed by atoms with Gasteiger partial charge in [0.25, 0.3) is 0 Å². The van der Waals surface area contributed by atoms with Crippen LogP contribution in [0.1, 0.15) is 0 Å². The molecule has 0 aromatic heterocycles. The van der Waals surface area contributed by atoms with Gasteiger partial charge in [0.1, 0.15) is 0 Å². The smallest absolute Gasteiger partial charge is 0.160 e. The lowest BCUT2D eigenvalue weighted by atomic mass is 10.3. The molecule has 0 aromatic carbocycles. The Labute approximate surface area is 61.2 Å². The normalized spacial score (nSPS) is 26.7. The molecule has 0 spiro atoms. The number of hydrogen-bond donors (Lipinski definition) is 2. The van der Waals surface area contributed by atoms with Gasteiger partial charge in [-0.1, -0.05) is 0 Å². The minimum atomic E-state index is -0.770. The van der Waals surface area contributed by atoms with E-state index in [2.05, 4.69) is 11.9 Å². The standard InChI is InChI=1S/C6H15N3O/c1-8-2-4-9(5-3-8)6(7)10/h6,10H,2-5,7H2,1H3. The van der Waals surface area contributed by atoms with Gasteiger partial charge in [0, 0.05) is 26.2 Å². The zero-order valence-corrected chi connectivity index (χ0v) is 6.32. The van der Waals surface area contributed by atoms with Crippen LogP contribution < -0.4 is 5.73 Å². The summed E-state index contributed by atoms with van der Waals surface area (Å²) in [4.78, 5) is 4.08. The lowest BCUT2D eigenvalue weighted by Crippen LogP contribution is -2.52. The maximum absolute atomic E-state index is 8.95. The number of piperazine rings is 1. The number of nitrogens with two attached hydrogens (primary N) is 1. The average Bonchev–Trinajstić information content (AvgIpc) is 1.88. The lowest BCUT2D eigenvalue weighted by molar-refractivity contribution is -0.0164. The molecule has 4 nitrogen and oxygen atoms in total. The molecule has 1 atom stereocenters. The monoisotopic (exact) mass is 145 g/mol. The fourth-order valence-corrected chi connectivity index (χ4v) is 1.09. The molecule has 0 aromatic rings. The van der Waals surface area contributed by atoms with Crippen molar-refractivity contribution in [2.24, 2.45) is 5.73 Å². The number of likely N-dealkylation sites (N-methyl/N-ethyl adjacent to an activating group) is 1. The van der Waals surface area contributed by atoms with E-state index >= 15 is 0 Å². The van der Waals surface area contributed by atoms with Crippen LogP contribution in [0.4, 0.5) is 0 Å². The van der Waals surface area contributed by atoms with Crippen LogP contribution in [0.3, 0.4) is 0 Å². The molecule has 1 fully saturated rings. The van der Waals surface area contributed by atoms with Crippen molar-refractivity contribution in [3.8, 4) is 0 Å². The van der Waals surface area contributed by atoms with E-state index in [1.807, 2.05) is 4.90 Å². The molecule has 1 aliphatic rings. The van der Waals surface area contributed by atoms with Crippen molar-refractivity contribution >= 4 is 0 Å². The average molecular weight is 145 g/mol. The Morgan fingerprint density at radius 3 is 2.20 bits per heavy atom. The molecule has 3 N–H and O–H groups in total. The molecule has 1 rings (SSSR count). The molecule has 0 radical (unpaired) electrons. The topological polar surface area (TPSA) is 52.7 Å². The first-order valence-corrected chi connectivity index (χ1v) is 3.56. The Morgan fingerprint density at radius 1 is 1.30 bits per heavy atom. The summed E-state index contributed by atoms with van der Waals surface area (Å²) < 4.78 is 0. The van der Waals surface area contributed by atoms with Crippen LogP contribution >= 0.6 is 0 Å². The third-order valence-electron chi connectivity index (χ3n) is 1.91. The summed E-state index contributed by atoms with van der Waals surface area (Å²) in [5.41, 5.74) is 5.28. The van der Waals surface area contributed by atoms with E-state index in [0.717, 1.165) is 26.2 Å². The van der Waals surface area contributed by atoms with E-state index in [0.29, 0.717) is 0 Å². The van der Waals surface area contributed by atoms with Crippen molar-refractivity contribution in [1.29, 1.82) is 0 Å². The number of aliphatic hydroxyl groups excluding tert-OH is 1. The minimum absolute atomic E-state index is 0.770. The fourth-order valence-electron chi connectivity index (χ4n) is 1.09. The highest BCUT2D eigenvalue weighted by atomic mass is 16.3. The van der Waals surface area contributed by atoms with Gasteiger partial charge in [-0.2, -0.15) is 0 Å². The Balaban J connectivity index is 2.26. The predicted octanol–water partition coefficient (Wildman–Crippen LogP) is -1.53. The second-order valence-corrected chi connectivity index (χ2v) is 2.75. The summed E-state index contributed by atoms with van der Waals surface area (Å²) in [6.45, 7) is 3.73. The molecule has 0 bridgehead atoms. The number of nitrogens with zero attached hydrogens (tertiary/aromatic N) is 2. The van der Waals surface area contributed by atoms with Gasteiger partial charge in [0.15, 0.2) is 6.35 Å². The van der Waals surface area contributed by atoms with Gasteiger partial charge in [-0.05, 0) is 7.05 Å². The highest BCUT2D eigenvalue weighted by Gasteiger charge is 2.16. The molecule has 0 saturated carbocycles. The van der Waals surface area contributed by atoms with Crippen LogP contribution in [0, 0.1) is 0 Å². The summed E-state index contributed by atoms with van der Waals surface area (Å²) in [6, 6.07) is 0. The van der Waals surface area contributed by atoms with Gasteiger partial charge in [0.2, 0.25) is 0 Å². The van der Waals surface area contributed by atoms with Crippen LogP contribution in [-0.2, 0) is 0 Å². The molecule has 1 aliphatic heterocycles. The van der Waals surface area contributed by atoms with E-state index in [9.17, 15) is 0 Å². The van der Waals surface area contributed by atoms with Gasteiger partial charge >= 0.3 is 0 Å². The van der Waals surface area contributed by atoms with Crippen LogP contribution in [0.5, 0.6) is 0 Å². The van der Waals surface area contributed by atoms with E-state index in [4.69, 9.17) is 10.8 Å². The number of rotatable bonds is 1. The highest BCUT2D eigenvalue weighted by molar-refractivity contribution is 4.68. The van der Waals surface area contributed by atoms with E-state index in [-0.39, 0.29) is 0 Å². The van der Waals surface area contributed by atoms with Crippen molar-refractivity contribution < 1.29 is 5.11 Å². The van der Waals surface area contributed by atoms with E-state index in [1.165, 1.54) is 0 Å². The van der Waals surface area contributed by atoms with Gasteiger partial charge < -0.3 is 10.0 Å². The van der Waals surface area contributed by atoms with Crippen molar-refractivity contribution in [2.75, 3.05) is 33.2 Å². The van der Waals surface area contributed by atoms with Crippen LogP contribution in [0.15, 0.2) is 0 Å². The first-order chi connectivity index (χ1) is 4.70. The molecule has 1 heterocycles. The molecule has 60 valence electrons. The van der Waals surface area contributed by atoms with Gasteiger partial charge in [0.05, 0.1) is 0 Å². The third kappa shape index (κ3) is 1.91. The molecular weight excluding hydrogens is 130 g/mol. The summed E-state index contributed by atoms with van der Waals surface area (Å²) in [6.07, 6.45) is -0.770. The summed E-state index contributed by atoms with van der Waals surface area (Å²) >= 11 is 0. The largest absolute Gasteiger partial charge is 0.365 e. The minimum Gasteiger partial charge on any atom is -0.365 e. The van der Waals surface area contributed by atoms with Crippen LogP contribution in [-0.4, -0.2) is 54.5 Å². The molecule has 1 saturated heterocycles. The zero-order valence-electron chi connectivity index (χ0n) is 6.32. The second-order valence-electron chi connectivity index (χ2n) is 2.75. The molecule has 0 aliphatic carbocycles. The molecule has 4 heteroatoms. The lowest BCUT2D eigenvalue weighted by Gasteiger charge is -2.33. The Kier molecular flexibility index (Phi) is 2.62. The maximum Gasteiger partial charge on any atom is 0.160 e. The molecule has 1 unspecified atom stereocenters. The third-order valence-corrected chi connectivity index (χ3v) is 1.91. The predicted molar refractivity (Wildman–Crippen MR) is 39.3 cm³/mol. The first-order valence-electron chi connectivity index (χ1n) is 3.56. The zero-order chi connectivity index (χ0) is 7.56. The van der Waals surface area contributed by atoms with Gasteiger partial charge in [-0.3, -0.25) is 10.6 Å². The summed E-state index contributed by atoms with van der Waals surface area (Å²) in [5, 5.41) is 8.95.